The van der Waals surface area contributed by atoms with Gasteiger partial charge in [0, 0.05) is 11.8 Å². The van der Waals surface area contributed by atoms with Gasteiger partial charge in [-0.15, -0.1) is 0 Å². The van der Waals surface area contributed by atoms with Gasteiger partial charge in [-0.3, -0.25) is 4.79 Å². The number of rotatable bonds is 2. The molecule has 5 nitrogen and oxygen atoms in total. The lowest BCUT2D eigenvalue weighted by molar-refractivity contribution is 0.174. The van der Waals surface area contributed by atoms with Crippen molar-refractivity contribution in [2.75, 3.05) is 6.79 Å². The van der Waals surface area contributed by atoms with Crippen LogP contribution in [0.1, 0.15) is 11.5 Å². The maximum absolute atomic E-state index is 12.5. The average Bonchev–Trinajstić information content (AvgIpc) is 3.03. The summed E-state index contributed by atoms with van der Waals surface area (Å²) in [6.07, 6.45) is 0. The Morgan fingerprint density at radius 3 is 2.54 bits per heavy atom. The Bertz CT molecular complexity index is 978. The van der Waals surface area contributed by atoms with E-state index in [4.69, 9.17) is 9.47 Å². The lowest BCUT2D eigenvalue weighted by Gasteiger charge is -2.17. The van der Waals surface area contributed by atoms with E-state index in [-0.39, 0.29) is 12.4 Å². The summed E-state index contributed by atoms with van der Waals surface area (Å²) in [6, 6.07) is 15.3. The molecule has 0 aliphatic carbocycles. The van der Waals surface area contributed by atoms with Gasteiger partial charge in [-0.1, -0.05) is 30.3 Å². The molecule has 3 aromatic rings. The quantitative estimate of drug-likeness (QED) is 0.727. The van der Waals surface area contributed by atoms with Crippen molar-refractivity contribution in [3.63, 3.8) is 0 Å². The first-order chi connectivity index (χ1) is 11.6. The highest BCUT2D eigenvalue weighted by Gasteiger charge is 2.18. The lowest BCUT2D eigenvalue weighted by atomic mass is 10.1. The van der Waals surface area contributed by atoms with Gasteiger partial charge in [0.2, 0.25) is 6.79 Å². The maximum atomic E-state index is 12.5. The third-order valence-electron chi connectivity index (χ3n) is 4.17. The monoisotopic (exact) mass is 320 g/mol. The number of aromatic nitrogens is 2. The molecule has 0 fully saturated rings. The van der Waals surface area contributed by atoms with Crippen molar-refractivity contribution in [1.29, 1.82) is 0 Å². The largest absolute Gasteiger partial charge is 0.454 e. The fourth-order valence-corrected chi connectivity index (χ4v) is 3.10. The molecule has 2 aromatic carbocycles. The van der Waals surface area contributed by atoms with E-state index in [0.717, 1.165) is 22.7 Å². The van der Waals surface area contributed by atoms with Crippen LogP contribution in [0.15, 0.2) is 53.3 Å². The number of nitrogens with zero attached hydrogens (tertiary/aromatic N) is 2. The Labute approximate surface area is 139 Å². The van der Waals surface area contributed by atoms with Crippen molar-refractivity contribution in [2.45, 2.75) is 13.8 Å². The predicted octanol–water partition coefficient (Wildman–Crippen LogP) is 3.25. The molecule has 1 aliphatic rings. The van der Waals surface area contributed by atoms with Crippen molar-refractivity contribution >= 4 is 0 Å². The van der Waals surface area contributed by atoms with Crippen LogP contribution >= 0.6 is 0 Å². The molecule has 0 spiro atoms. The number of fused-ring (bicyclic) bond motifs is 1. The van der Waals surface area contributed by atoms with Crippen LogP contribution in [-0.2, 0) is 0 Å². The molecule has 0 bridgehead atoms. The number of aryl methyl sites for hydroxylation is 1. The van der Waals surface area contributed by atoms with E-state index in [2.05, 4.69) is 4.98 Å². The van der Waals surface area contributed by atoms with Gasteiger partial charge in [0.1, 0.15) is 5.82 Å². The molecule has 120 valence electrons. The van der Waals surface area contributed by atoms with Gasteiger partial charge in [-0.05, 0) is 31.5 Å². The molecule has 4 rings (SSSR count). The number of benzene rings is 2. The van der Waals surface area contributed by atoms with Crippen LogP contribution in [0.4, 0.5) is 0 Å². The normalized spacial score (nSPS) is 12.4. The average molecular weight is 320 g/mol. The lowest BCUT2D eigenvalue weighted by Crippen LogP contribution is -2.20. The molecule has 2 heterocycles. The van der Waals surface area contributed by atoms with Crippen molar-refractivity contribution in [1.82, 2.24) is 9.55 Å². The summed E-state index contributed by atoms with van der Waals surface area (Å²) in [5, 5.41) is 0. The third kappa shape index (κ3) is 2.25. The molecular formula is C19H16N2O3. The SMILES string of the molecule is Cc1nc(=O)c(-c2ccccc2)c(C)n1-c1ccc2c(c1)OCO2. The zero-order chi connectivity index (χ0) is 16.7. The summed E-state index contributed by atoms with van der Waals surface area (Å²) in [5.74, 6) is 2.06. The molecule has 0 saturated carbocycles. The molecule has 0 N–H and O–H groups in total. The Morgan fingerprint density at radius 1 is 1.00 bits per heavy atom. The zero-order valence-corrected chi connectivity index (χ0v) is 13.4. The second kappa shape index (κ2) is 5.53. The van der Waals surface area contributed by atoms with E-state index < -0.39 is 0 Å². The Balaban J connectivity index is 1.95. The minimum Gasteiger partial charge on any atom is -0.454 e. The fourth-order valence-electron chi connectivity index (χ4n) is 3.10. The van der Waals surface area contributed by atoms with Crippen LogP contribution < -0.4 is 15.0 Å². The van der Waals surface area contributed by atoms with Crippen LogP contribution in [0.3, 0.4) is 0 Å². The van der Waals surface area contributed by atoms with E-state index in [1.165, 1.54) is 0 Å². The molecule has 0 amide bonds. The van der Waals surface area contributed by atoms with Gasteiger partial charge in [-0.2, -0.15) is 4.98 Å². The molecule has 1 aromatic heterocycles. The Kier molecular flexibility index (Phi) is 3.34. The van der Waals surface area contributed by atoms with E-state index in [1.54, 1.807) is 0 Å². The van der Waals surface area contributed by atoms with Crippen molar-refractivity contribution in [3.8, 4) is 28.3 Å². The first-order valence-corrected chi connectivity index (χ1v) is 7.71. The van der Waals surface area contributed by atoms with Gasteiger partial charge in [-0.25, -0.2) is 0 Å². The minimum atomic E-state index is -0.215. The maximum Gasteiger partial charge on any atom is 0.281 e. The van der Waals surface area contributed by atoms with E-state index in [0.29, 0.717) is 17.1 Å². The van der Waals surface area contributed by atoms with E-state index in [1.807, 2.05) is 66.9 Å². The molecule has 0 radical (unpaired) electrons. The van der Waals surface area contributed by atoms with Crippen LogP contribution in [0.5, 0.6) is 11.5 Å². The topological polar surface area (TPSA) is 53.4 Å². The van der Waals surface area contributed by atoms with Crippen LogP contribution in [0.2, 0.25) is 0 Å². The van der Waals surface area contributed by atoms with Crippen molar-refractivity contribution < 1.29 is 9.47 Å². The van der Waals surface area contributed by atoms with Crippen molar-refractivity contribution in [2.24, 2.45) is 0 Å². The highest BCUT2D eigenvalue weighted by atomic mass is 16.7. The molecular weight excluding hydrogens is 304 g/mol. The first kappa shape index (κ1) is 14.5. The summed E-state index contributed by atoms with van der Waals surface area (Å²) in [4.78, 5) is 16.7. The highest BCUT2D eigenvalue weighted by Crippen LogP contribution is 2.34. The highest BCUT2D eigenvalue weighted by molar-refractivity contribution is 5.66. The smallest absolute Gasteiger partial charge is 0.281 e. The van der Waals surface area contributed by atoms with Crippen LogP contribution in [-0.4, -0.2) is 16.3 Å². The zero-order valence-electron chi connectivity index (χ0n) is 13.4. The number of hydrogen-bond acceptors (Lipinski definition) is 4. The second-order valence-electron chi connectivity index (χ2n) is 5.66. The molecule has 1 aliphatic heterocycles. The Hall–Kier alpha value is -3.08. The van der Waals surface area contributed by atoms with Gasteiger partial charge >= 0.3 is 0 Å². The number of ether oxygens (including phenoxy) is 2. The third-order valence-corrected chi connectivity index (χ3v) is 4.17. The summed E-state index contributed by atoms with van der Waals surface area (Å²) in [7, 11) is 0. The minimum absolute atomic E-state index is 0.215. The van der Waals surface area contributed by atoms with Crippen LogP contribution in [0, 0.1) is 13.8 Å². The van der Waals surface area contributed by atoms with Crippen molar-refractivity contribution in [3.05, 3.63) is 70.4 Å². The summed E-state index contributed by atoms with van der Waals surface area (Å²) >= 11 is 0. The standard InChI is InChI=1S/C19H16N2O3/c1-12-18(14-6-4-3-5-7-14)19(22)20-13(2)21(12)15-8-9-16-17(10-15)24-11-23-16/h3-10H,11H2,1-2H3. The summed E-state index contributed by atoms with van der Waals surface area (Å²) < 4.78 is 12.8. The molecule has 0 unspecified atom stereocenters. The van der Waals surface area contributed by atoms with Gasteiger partial charge in [0.15, 0.2) is 11.5 Å². The van der Waals surface area contributed by atoms with Gasteiger partial charge in [0.25, 0.3) is 5.56 Å². The second-order valence-corrected chi connectivity index (χ2v) is 5.66. The molecule has 0 atom stereocenters. The summed E-state index contributed by atoms with van der Waals surface area (Å²) in [5.41, 5.74) is 2.99. The van der Waals surface area contributed by atoms with E-state index >= 15 is 0 Å². The van der Waals surface area contributed by atoms with Gasteiger partial charge in [0.05, 0.1) is 11.3 Å². The fraction of sp³-hybridized carbons (Fsp3) is 0.158. The number of hydrogen-bond donors (Lipinski definition) is 0. The Morgan fingerprint density at radius 2 is 1.75 bits per heavy atom. The summed E-state index contributed by atoms with van der Waals surface area (Å²) in [6.45, 7) is 3.99. The van der Waals surface area contributed by atoms with Gasteiger partial charge < -0.3 is 14.0 Å². The molecule has 24 heavy (non-hydrogen) atoms. The molecule has 0 saturated heterocycles. The predicted molar refractivity (Wildman–Crippen MR) is 90.9 cm³/mol. The van der Waals surface area contributed by atoms with Crippen LogP contribution in [0.25, 0.3) is 16.8 Å². The molecule has 5 heteroatoms. The van der Waals surface area contributed by atoms with E-state index in [9.17, 15) is 4.79 Å². The first-order valence-electron chi connectivity index (χ1n) is 7.71.